The maximum Gasteiger partial charge on any atom is 0.336 e. The predicted octanol–water partition coefficient (Wildman–Crippen LogP) is 4.63. The first-order valence-electron chi connectivity index (χ1n) is 17.2. The first-order chi connectivity index (χ1) is 24.5. The van der Waals surface area contributed by atoms with Crippen molar-refractivity contribution in [1.82, 2.24) is 14.7 Å². The number of benzene rings is 2. The summed E-state index contributed by atoms with van der Waals surface area (Å²) in [6.07, 6.45) is 3.72. The lowest BCUT2D eigenvalue weighted by atomic mass is 9.74. The van der Waals surface area contributed by atoms with Gasteiger partial charge in [-0.2, -0.15) is 0 Å². The highest BCUT2D eigenvalue weighted by atomic mass is 35.5. The number of piperidine rings is 1. The minimum absolute atomic E-state index is 0.0261. The van der Waals surface area contributed by atoms with Gasteiger partial charge in [-0.1, -0.05) is 47.5 Å². The van der Waals surface area contributed by atoms with Crippen LogP contribution in [-0.2, 0) is 39.5 Å². The van der Waals surface area contributed by atoms with Crippen molar-refractivity contribution in [1.29, 1.82) is 0 Å². The summed E-state index contributed by atoms with van der Waals surface area (Å²) < 4.78 is 24.1. The van der Waals surface area contributed by atoms with E-state index in [2.05, 4.69) is 9.80 Å². The first-order valence-corrected chi connectivity index (χ1v) is 19.2. The van der Waals surface area contributed by atoms with E-state index in [0.29, 0.717) is 37.1 Å². The molecular formula is C37H42Cl2N4O7S. The zero-order valence-corrected chi connectivity index (χ0v) is 31.2. The minimum Gasteiger partial charge on any atom is -0.468 e. The highest BCUT2D eigenvalue weighted by Gasteiger charge is 2.47. The Labute approximate surface area is 310 Å². The van der Waals surface area contributed by atoms with Gasteiger partial charge in [0.15, 0.2) is 0 Å². The molecule has 5 atom stereocenters. The SMILES string of the molecule is COC(=O)C1=C(CS(=O)c2ccccc2)N=C(CC(=O)N2CCN(C3CC4CCC(C3)N4C(C)=O)CC2)C(C(=O)OC)[C@@H]1c1c(Cl)cccc1Cl. The topological polar surface area (TPSA) is 126 Å². The van der Waals surface area contributed by atoms with Crippen LogP contribution in [0, 0.1) is 5.92 Å². The molecule has 6 rings (SSSR count). The largest absolute Gasteiger partial charge is 0.468 e. The first kappa shape index (κ1) is 37.2. The van der Waals surface area contributed by atoms with E-state index >= 15 is 0 Å². The smallest absolute Gasteiger partial charge is 0.336 e. The number of nitrogens with zero attached hydrogens (tertiary/aromatic N) is 4. The third-order valence-corrected chi connectivity index (χ3v) is 12.6. The lowest BCUT2D eigenvalue weighted by Gasteiger charge is -2.45. The highest BCUT2D eigenvalue weighted by molar-refractivity contribution is 7.85. The molecule has 2 amide bonds. The molecule has 2 aromatic rings. The average Bonchev–Trinajstić information content (AvgIpc) is 3.41. The van der Waals surface area contributed by atoms with Crippen LogP contribution in [0.1, 0.15) is 50.5 Å². The van der Waals surface area contributed by atoms with Crippen LogP contribution in [0.25, 0.3) is 0 Å². The fourth-order valence-corrected chi connectivity index (χ4v) is 10.0. The molecule has 4 aliphatic rings. The Kier molecular flexibility index (Phi) is 11.6. The summed E-state index contributed by atoms with van der Waals surface area (Å²) in [4.78, 5) is 65.1. The van der Waals surface area contributed by atoms with Crippen LogP contribution in [0.2, 0.25) is 10.0 Å². The second-order valence-electron chi connectivity index (χ2n) is 13.4. The van der Waals surface area contributed by atoms with Crippen molar-refractivity contribution in [2.45, 2.75) is 68.0 Å². The standard InChI is InChI=1S/C37H42Cl2N4O7S/c1-22(44)43-23-12-13-24(43)19-25(18-23)41-14-16-42(17-15-41)31(45)20-29-33(36(46)49-2)35(32-27(38)10-7-11-28(32)39)34(37(47)50-3)30(40-29)21-51(48)26-8-5-4-6-9-26/h4-11,23-25,33,35H,12-21H2,1-3H3/t23?,24?,25?,33?,35-,51?/m0/s1. The number of carbonyl (C=O) groups excluding carboxylic acids is 4. The van der Waals surface area contributed by atoms with Crippen LogP contribution >= 0.6 is 23.2 Å². The third kappa shape index (κ3) is 7.65. The van der Waals surface area contributed by atoms with Gasteiger partial charge in [-0.3, -0.25) is 28.5 Å². The van der Waals surface area contributed by atoms with Crippen molar-refractivity contribution in [3.8, 4) is 0 Å². The number of amides is 2. The maximum atomic E-state index is 14.0. The Morgan fingerprint density at radius 2 is 1.49 bits per heavy atom. The van der Waals surface area contributed by atoms with Crippen molar-refractivity contribution in [2.75, 3.05) is 46.2 Å². The summed E-state index contributed by atoms with van der Waals surface area (Å²) in [5, 5.41) is 0.384. The Morgan fingerprint density at radius 1 is 0.863 bits per heavy atom. The third-order valence-electron chi connectivity index (χ3n) is 10.6. The van der Waals surface area contributed by atoms with Crippen molar-refractivity contribution in [3.05, 3.63) is 75.4 Å². The second kappa shape index (κ2) is 16.0. The Balaban J connectivity index is 1.30. The number of methoxy groups -OCH3 is 2. The molecule has 0 radical (unpaired) electrons. The Hall–Kier alpha value is -3.58. The Bertz CT molecular complexity index is 1740. The number of aliphatic imine (C=N–C) groups is 1. The van der Waals surface area contributed by atoms with E-state index in [0.717, 1.165) is 25.7 Å². The van der Waals surface area contributed by atoms with Gasteiger partial charge < -0.3 is 19.3 Å². The monoisotopic (exact) mass is 756 g/mol. The van der Waals surface area contributed by atoms with Crippen molar-refractivity contribution in [2.24, 2.45) is 10.9 Å². The fraction of sp³-hybridized carbons (Fsp3) is 0.486. The molecule has 0 saturated carbocycles. The molecule has 3 saturated heterocycles. The second-order valence-corrected chi connectivity index (χ2v) is 15.7. The zero-order chi connectivity index (χ0) is 36.4. The van der Waals surface area contributed by atoms with E-state index in [9.17, 15) is 23.4 Å². The number of fused-ring (bicyclic) bond motifs is 2. The molecule has 2 aromatic carbocycles. The normalized spacial score (nSPS) is 25.7. The van der Waals surface area contributed by atoms with Gasteiger partial charge in [0, 0.05) is 77.8 Å². The van der Waals surface area contributed by atoms with E-state index in [1.807, 2.05) is 0 Å². The van der Waals surface area contributed by atoms with Crippen LogP contribution in [-0.4, -0.2) is 113 Å². The lowest BCUT2D eigenvalue weighted by molar-refractivity contribution is -0.144. The predicted molar refractivity (Wildman–Crippen MR) is 194 cm³/mol. The van der Waals surface area contributed by atoms with E-state index < -0.39 is 34.6 Å². The van der Waals surface area contributed by atoms with Gasteiger partial charge in [-0.25, -0.2) is 4.79 Å². The van der Waals surface area contributed by atoms with E-state index in [4.69, 9.17) is 37.7 Å². The molecule has 11 nitrogen and oxygen atoms in total. The molecule has 272 valence electrons. The molecule has 0 N–H and O–H groups in total. The number of rotatable bonds is 9. The molecule has 0 aromatic heterocycles. The van der Waals surface area contributed by atoms with E-state index in [1.54, 1.807) is 60.4 Å². The molecule has 14 heteroatoms. The zero-order valence-electron chi connectivity index (χ0n) is 28.9. The lowest BCUT2D eigenvalue weighted by Crippen LogP contribution is -2.57. The summed E-state index contributed by atoms with van der Waals surface area (Å²) in [5.74, 6) is -4.19. The molecule has 0 aliphatic carbocycles. The molecule has 4 heterocycles. The van der Waals surface area contributed by atoms with Crippen LogP contribution in [0.3, 0.4) is 0 Å². The number of hydrogen-bond acceptors (Lipinski definition) is 9. The summed E-state index contributed by atoms with van der Waals surface area (Å²) in [5.41, 5.74) is 0.528. The van der Waals surface area contributed by atoms with Gasteiger partial charge in [0.05, 0.1) is 48.5 Å². The summed E-state index contributed by atoms with van der Waals surface area (Å²) in [7, 11) is 0.783. The Morgan fingerprint density at radius 3 is 2.06 bits per heavy atom. The van der Waals surface area contributed by atoms with Gasteiger partial charge in [-0.05, 0) is 55.5 Å². The van der Waals surface area contributed by atoms with Crippen LogP contribution < -0.4 is 0 Å². The van der Waals surface area contributed by atoms with Crippen LogP contribution in [0.15, 0.2) is 69.7 Å². The van der Waals surface area contributed by atoms with Crippen molar-refractivity contribution < 1.29 is 32.9 Å². The number of halogens is 2. The number of ether oxygens (including phenoxy) is 2. The molecule has 4 aliphatic heterocycles. The van der Waals surface area contributed by atoms with Gasteiger partial charge >= 0.3 is 11.9 Å². The molecule has 2 bridgehead atoms. The van der Waals surface area contributed by atoms with Gasteiger partial charge in [0.25, 0.3) is 0 Å². The fourth-order valence-electron chi connectivity index (χ4n) is 8.32. The molecular weight excluding hydrogens is 715 g/mol. The number of hydrogen-bond donors (Lipinski definition) is 0. The number of piperazine rings is 1. The quantitative estimate of drug-likeness (QED) is 0.340. The number of esters is 2. The molecule has 3 fully saturated rings. The highest BCUT2D eigenvalue weighted by Crippen LogP contribution is 2.46. The maximum absolute atomic E-state index is 14.0. The van der Waals surface area contributed by atoms with Crippen LogP contribution in [0.5, 0.6) is 0 Å². The van der Waals surface area contributed by atoms with Crippen molar-refractivity contribution in [3.63, 3.8) is 0 Å². The van der Waals surface area contributed by atoms with Crippen LogP contribution in [0.4, 0.5) is 0 Å². The average molecular weight is 758 g/mol. The summed E-state index contributed by atoms with van der Waals surface area (Å²) in [6, 6.07) is 14.5. The van der Waals surface area contributed by atoms with Crippen molar-refractivity contribution >= 4 is 63.5 Å². The van der Waals surface area contributed by atoms with Gasteiger partial charge in [0.2, 0.25) is 11.8 Å². The minimum atomic E-state index is -1.65. The number of carbonyl (C=O) groups is 4. The molecule has 4 unspecified atom stereocenters. The summed E-state index contributed by atoms with van der Waals surface area (Å²) in [6.45, 7) is 4.01. The molecule has 0 spiro atoms. The van der Waals surface area contributed by atoms with Gasteiger partial charge in [-0.15, -0.1) is 0 Å². The molecule has 51 heavy (non-hydrogen) atoms. The summed E-state index contributed by atoms with van der Waals surface area (Å²) >= 11 is 13.5. The van der Waals surface area contributed by atoms with Gasteiger partial charge in [0.1, 0.15) is 5.92 Å². The van der Waals surface area contributed by atoms with E-state index in [-0.39, 0.29) is 68.7 Å². The van der Waals surface area contributed by atoms with E-state index in [1.165, 1.54) is 14.2 Å².